The second-order valence-electron chi connectivity index (χ2n) is 5.05. The summed E-state index contributed by atoms with van der Waals surface area (Å²) in [6.07, 6.45) is 1.09. The van der Waals surface area contributed by atoms with Crippen LogP contribution in [0.15, 0.2) is 35.2 Å². The Morgan fingerprint density at radius 1 is 1.00 bits per heavy atom. The van der Waals surface area contributed by atoms with E-state index in [2.05, 4.69) is 10.9 Å². The maximum Gasteiger partial charge on any atom is 0.279 e. The first-order valence-corrected chi connectivity index (χ1v) is 9.37. The first kappa shape index (κ1) is 17.2. The molecule has 0 radical (unpaired) electrons. The van der Waals surface area contributed by atoms with Gasteiger partial charge in [-0.3, -0.25) is 20.4 Å². The summed E-state index contributed by atoms with van der Waals surface area (Å²) in [5.74, 6) is -0.921. The van der Waals surface area contributed by atoms with Gasteiger partial charge >= 0.3 is 0 Å². The van der Waals surface area contributed by atoms with Crippen molar-refractivity contribution < 1.29 is 18.0 Å². The third-order valence-electron chi connectivity index (χ3n) is 3.22. The zero-order valence-electron chi connectivity index (χ0n) is 12.8. The Hall–Kier alpha value is -2.19. The molecule has 1 aromatic carbocycles. The Kier molecular flexibility index (Phi) is 4.86. The molecule has 0 aliphatic heterocycles. The highest BCUT2D eigenvalue weighted by atomic mass is 32.2. The van der Waals surface area contributed by atoms with Gasteiger partial charge in [-0.25, -0.2) is 8.42 Å². The fourth-order valence-electron chi connectivity index (χ4n) is 1.79. The number of amides is 2. The molecule has 0 aliphatic rings. The maximum atomic E-state index is 11.9. The van der Waals surface area contributed by atoms with Crippen LogP contribution in [0.4, 0.5) is 0 Å². The van der Waals surface area contributed by atoms with E-state index in [0.29, 0.717) is 4.88 Å². The second-order valence-corrected chi connectivity index (χ2v) is 8.33. The number of carbonyl (C=O) groups excluding carboxylic acids is 2. The van der Waals surface area contributed by atoms with Crippen LogP contribution in [0.3, 0.4) is 0 Å². The molecule has 0 unspecified atom stereocenters. The molecule has 0 saturated heterocycles. The molecule has 23 heavy (non-hydrogen) atoms. The van der Waals surface area contributed by atoms with E-state index in [1.165, 1.54) is 35.6 Å². The molecule has 2 aromatic rings. The highest BCUT2D eigenvalue weighted by Gasteiger charge is 2.13. The molecule has 2 N–H and O–H groups in total. The molecule has 1 heterocycles. The molecular formula is C15H16N2O4S2. The predicted molar refractivity (Wildman–Crippen MR) is 88.3 cm³/mol. The summed E-state index contributed by atoms with van der Waals surface area (Å²) in [6.45, 7) is 3.82. The summed E-state index contributed by atoms with van der Waals surface area (Å²) in [5.41, 5.74) is 5.90. The van der Waals surface area contributed by atoms with Crippen LogP contribution in [0.1, 0.15) is 30.5 Å². The van der Waals surface area contributed by atoms with Crippen molar-refractivity contribution in [1.82, 2.24) is 10.9 Å². The molecular weight excluding hydrogens is 336 g/mol. The molecule has 0 fully saturated rings. The fourth-order valence-corrected chi connectivity index (χ4v) is 3.35. The van der Waals surface area contributed by atoms with Crippen molar-refractivity contribution >= 4 is 33.0 Å². The van der Waals surface area contributed by atoms with Gasteiger partial charge in [-0.05, 0) is 49.7 Å². The van der Waals surface area contributed by atoms with Gasteiger partial charge < -0.3 is 0 Å². The van der Waals surface area contributed by atoms with Crippen molar-refractivity contribution in [3.63, 3.8) is 0 Å². The van der Waals surface area contributed by atoms with E-state index in [-0.39, 0.29) is 10.5 Å². The van der Waals surface area contributed by atoms with E-state index < -0.39 is 21.7 Å². The molecule has 1 aromatic heterocycles. The minimum Gasteiger partial charge on any atom is -0.267 e. The van der Waals surface area contributed by atoms with Crippen molar-refractivity contribution in [2.45, 2.75) is 18.7 Å². The molecule has 0 spiro atoms. The van der Waals surface area contributed by atoms with Gasteiger partial charge in [-0.15, -0.1) is 11.3 Å². The van der Waals surface area contributed by atoms with Crippen LogP contribution in [0, 0.1) is 13.8 Å². The minimum absolute atomic E-state index is 0.127. The van der Waals surface area contributed by atoms with Gasteiger partial charge in [-0.2, -0.15) is 0 Å². The molecule has 2 amide bonds. The van der Waals surface area contributed by atoms with E-state index in [0.717, 1.165) is 16.7 Å². The summed E-state index contributed by atoms with van der Waals surface area (Å²) in [5, 5.41) is 0. The summed E-state index contributed by atoms with van der Waals surface area (Å²) in [6, 6.07) is 7.22. The van der Waals surface area contributed by atoms with Gasteiger partial charge in [0, 0.05) is 16.7 Å². The third kappa shape index (κ3) is 4.17. The topological polar surface area (TPSA) is 92.3 Å². The van der Waals surface area contributed by atoms with Crippen LogP contribution in [0.25, 0.3) is 0 Å². The minimum atomic E-state index is -3.31. The smallest absolute Gasteiger partial charge is 0.267 e. The largest absolute Gasteiger partial charge is 0.279 e. The Morgan fingerprint density at radius 2 is 1.57 bits per heavy atom. The maximum absolute atomic E-state index is 11.9. The van der Waals surface area contributed by atoms with Crippen LogP contribution >= 0.6 is 11.3 Å². The van der Waals surface area contributed by atoms with Crippen molar-refractivity contribution in [1.29, 1.82) is 0 Å². The molecule has 0 bridgehead atoms. The first-order valence-electron chi connectivity index (χ1n) is 6.66. The number of sulfone groups is 1. The van der Waals surface area contributed by atoms with Crippen molar-refractivity contribution in [2.75, 3.05) is 6.26 Å². The molecule has 0 atom stereocenters. The number of thiophene rings is 1. The van der Waals surface area contributed by atoms with Crippen LogP contribution in [0.5, 0.6) is 0 Å². The van der Waals surface area contributed by atoms with Crippen LogP contribution in [-0.2, 0) is 9.84 Å². The molecule has 0 aliphatic carbocycles. The monoisotopic (exact) mass is 352 g/mol. The van der Waals surface area contributed by atoms with Crippen LogP contribution < -0.4 is 10.9 Å². The Morgan fingerprint density at radius 3 is 2.04 bits per heavy atom. The van der Waals surface area contributed by atoms with E-state index >= 15 is 0 Å². The zero-order valence-corrected chi connectivity index (χ0v) is 14.5. The number of rotatable bonds is 3. The van der Waals surface area contributed by atoms with Crippen molar-refractivity contribution in [3.05, 3.63) is 51.2 Å². The zero-order chi connectivity index (χ0) is 17.2. The number of benzene rings is 1. The average Bonchev–Trinajstić information content (AvgIpc) is 2.83. The van der Waals surface area contributed by atoms with Gasteiger partial charge in [0.25, 0.3) is 11.8 Å². The van der Waals surface area contributed by atoms with E-state index in [4.69, 9.17) is 0 Å². The van der Waals surface area contributed by atoms with Gasteiger partial charge in [0.1, 0.15) is 0 Å². The summed E-state index contributed by atoms with van der Waals surface area (Å²) >= 11 is 1.34. The lowest BCUT2D eigenvalue weighted by Gasteiger charge is -2.06. The predicted octanol–water partition coefficient (Wildman–Crippen LogP) is 1.84. The number of hydrogen-bond acceptors (Lipinski definition) is 5. The fraction of sp³-hybridized carbons (Fsp3) is 0.200. The lowest BCUT2D eigenvalue weighted by atomic mass is 10.2. The summed E-state index contributed by atoms with van der Waals surface area (Å²) in [7, 11) is -3.31. The van der Waals surface area contributed by atoms with Crippen LogP contribution in [-0.4, -0.2) is 26.5 Å². The van der Waals surface area contributed by atoms with Crippen molar-refractivity contribution in [2.24, 2.45) is 0 Å². The third-order valence-corrected chi connectivity index (χ3v) is 5.50. The number of carbonyl (C=O) groups is 2. The normalized spacial score (nSPS) is 11.1. The van der Waals surface area contributed by atoms with Crippen molar-refractivity contribution in [3.8, 4) is 0 Å². The van der Waals surface area contributed by atoms with Gasteiger partial charge in [-0.1, -0.05) is 0 Å². The number of aryl methyl sites for hydroxylation is 2. The Bertz CT molecular complexity index is 833. The SMILES string of the molecule is Cc1cc(C(=O)NNC(=O)c2ccc(S(C)(=O)=O)cc2)sc1C. The Labute approximate surface area is 138 Å². The standard InChI is InChI=1S/C15H16N2O4S2/c1-9-8-13(22-10(9)2)15(19)17-16-14(18)11-4-6-12(7-5-11)23(3,20)21/h4-8H,1-3H3,(H,16,18)(H,17,19). The molecule has 0 saturated carbocycles. The highest BCUT2D eigenvalue weighted by molar-refractivity contribution is 7.90. The highest BCUT2D eigenvalue weighted by Crippen LogP contribution is 2.20. The van der Waals surface area contributed by atoms with Gasteiger partial charge in [0.05, 0.1) is 9.77 Å². The second kappa shape index (κ2) is 6.51. The number of hydrazine groups is 1. The molecule has 6 nitrogen and oxygen atoms in total. The number of hydrogen-bond donors (Lipinski definition) is 2. The molecule has 122 valence electrons. The van der Waals surface area contributed by atoms with Gasteiger partial charge in [0.2, 0.25) is 0 Å². The van der Waals surface area contributed by atoms with E-state index in [9.17, 15) is 18.0 Å². The van der Waals surface area contributed by atoms with Crippen LogP contribution in [0.2, 0.25) is 0 Å². The lowest BCUT2D eigenvalue weighted by Crippen LogP contribution is -2.41. The van der Waals surface area contributed by atoms with E-state index in [1.54, 1.807) is 6.07 Å². The number of nitrogens with one attached hydrogen (secondary N) is 2. The molecule has 8 heteroatoms. The lowest BCUT2D eigenvalue weighted by molar-refractivity contribution is 0.0849. The average molecular weight is 352 g/mol. The summed E-state index contributed by atoms with van der Waals surface area (Å²) < 4.78 is 22.7. The molecule has 2 rings (SSSR count). The van der Waals surface area contributed by atoms with E-state index in [1.807, 2.05) is 13.8 Å². The van der Waals surface area contributed by atoms with Gasteiger partial charge in [0.15, 0.2) is 9.84 Å². The Balaban J connectivity index is 2.01. The summed E-state index contributed by atoms with van der Waals surface area (Å²) in [4.78, 5) is 25.6. The quantitative estimate of drug-likeness (QED) is 0.825. The first-order chi connectivity index (χ1) is 10.7.